The first-order valence-electron chi connectivity index (χ1n) is 19.2. The molecule has 1 atom stereocenters. The lowest BCUT2D eigenvalue weighted by molar-refractivity contribution is 0.381. The van der Waals surface area contributed by atoms with Gasteiger partial charge in [0.05, 0.1) is 16.4 Å². The van der Waals surface area contributed by atoms with E-state index in [1.54, 1.807) is 0 Å². The minimum Gasteiger partial charge on any atom is -0.457 e. The molecule has 0 fully saturated rings. The highest BCUT2D eigenvalue weighted by Gasteiger charge is 2.52. The summed E-state index contributed by atoms with van der Waals surface area (Å²) in [4.78, 5) is 13.3. The van der Waals surface area contributed by atoms with Gasteiger partial charge in [-0.2, -0.15) is 4.99 Å². The molecule has 0 bridgehead atoms. The largest absolute Gasteiger partial charge is 0.457 e. The lowest BCUT2D eigenvalue weighted by atomic mass is 9.66. The minimum atomic E-state index is -0.603. The molecule has 264 valence electrons. The van der Waals surface area contributed by atoms with Crippen LogP contribution in [0.4, 0.5) is 0 Å². The molecule has 56 heavy (non-hydrogen) atoms. The predicted molar refractivity (Wildman–Crippen MR) is 227 cm³/mol. The zero-order valence-electron chi connectivity index (χ0n) is 30.6. The number of benzene rings is 8. The maximum absolute atomic E-state index is 6.67. The van der Waals surface area contributed by atoms with Gasteiger partial charge in [0.1, 0.15) is 17.3 Å². The summed E-state index contributed by atoms with van der Waals surface area (Å²) < 4.78 is 9.02. The highest BCUT2D eigenvalue weighted by molar-refractivity contribution is 6.27. The Labute approximate surface area is 324 Å². The maximum atomic E-state index is 6.67. The van der Waals surface area contributed by atoms with Crippen LogP contribution in [0.3, 0.4) is 0 Å². The van der Waals surface area contributed by atoms with Crippen LogP contribution in [0, 0.1) is 0 Å². The molecule has 8 aromatic carbocycles. The number of hydrogen-bond acceptors (Lipinski definition) is 4. The fraction of sp³-hybridized carbons (Fsp3) is 0.0588. The van der Waals surface area contributed by atoms with Crippen molar-refractivity contribution in [3.05, 3.63) is 215 Å². The lowest BCUT2D eigenvalue weighted by Gasteiger charge is -2.39. The Morgan fingerprint density at radius 3 is 1.96 bits per heavy atom. The van der Waals surface area contributed by atoms with Gasteiger partial charge in [-0.15, -0.1) is 0 Å². The molecular weight excluding hydrogens is 685 g/mol. The molecule has 0 saturated heterocycles. The second kappa shape index (κ2) is 11.6. The fourth-order valence-corrected chi connectivity index (χ4v) is 9.82. The van der Waals surface area contributed by atoms with E-state index in [0.29, 0.717) is 5.96 Å². The topological polar surface area (TPSA) is 42.1 Å². The number of rotatable bonds is 2. The van der Waals surface area contributed by atoms with Crippen molar-refractivity contribution in [2.24, 2.45) is 9.98 Å². The van der Waals surface area contributed by atoms with E-state index >= 15 is 0 Å². The summed E-state index contributed by atoms with van der Waals surface area (Å²) in [5.74, 6) is 3.29. The van der Waals surface area contributed by atoms with Gasteiger partial charge in [-0.1, -0.05) is 164 Å². The Morgan fingerprint density at radius 1 is 0.554 bits per heavy atom. The molecule has 1 unspecified atom stereocenters. The summed E-state index contributed by atoms with van der Waals surface area (Å²) in [7, 11) is 2.10. The number of hydrogen-bond donors (Lipinski definition) is 0. The van der Waals surface area contributed by atoms with E-state index in [4.69, 9.17) is 14.7 Å². The van der Waals surface area contributed by atoms with Crippen LogP contribution in [0.1, 0.15) is 39.5 Å². The van der Waals surface area contributed by atoms with Crippen LogP contribution in [0.15, 0.2) is 192 Å². The van der Waals surface area contributed by atoms with E-state index < -0.39 is 5.41 Å². The summed E-state index contributed by atoms with van der Waals surface area (Å²) in [6, 6.07) is 65.0. The molecule has 0 radical (unpaired) electrons. The van der Waals surface area contributed by atoms with Crippen LogP contribution in [-0.4, -0.2) is 28.3 Å². The second-order valence-electron chi connectivity index (χ2n) is 14.9. The van der Waals surface area contributed by atoms with Crippen molar-refractivity contribution in [1.82, 2.24) is 9.47 Å². The first-order valence-corrected chi connectivity index (χ1v) is 19.2. The van der Waals surface area contributed by atoms with E-state index in [0.717, 1.165) is 50.6 Å². The molecule has 2 aliphatic heterocycles. The molecule has 0 amide bonds. The number of ether oxygens (including phenoxy) is 1. The number of aliphatic imine (C=N–C) groups is 2. The van der Waals surface area contributed by atoms with Crippen molar-refractivity contribution in [3.63, 3.8) is 0 Å². The SMILES string of the molecule is CN1C(c2ccccc2)=NC(n2c3ccc4ccccc4c3c3ccc4c(c32)-c2ccccc2C42c3ccccc3Oc3ccccc32)=NC1c1ccccc1. The Bertz CT molecular complexity index is 3100. The van der Waals surface area contributed by atoms with Gasteiger partial charge in [0.2, 0.25) is 5.96 Å². The third-order valence-electron chi connectivity index (χ3n) is 12.1. The molecule has 0 saturated carbocycles. The first-order chi connectivity index (χ1) is 27.7. The quantitative estimate of drug-likeness (QED) is 0.179. The van der Waals surface area contributed by atoms with Gasteiger partial charge >= 0.3 is 0 Å². The normalized spacial score (nSPS) is 16.2. The molecular formula is C51H34N4O. The Hall–Kier alpha value is -7.24. The Balaban J connectivity index is 1.26. The number of fused-ring (bicyclic) bond motifs is 15. The molecule has 1 aromatic heterocycles. The van der Waals surface area contributed by atoms with E-state index in [1.165, 1.54) is 43.8 Å². The Morgan fingerprint density at radius 2 is 1.20 bits per heavy atom. The molecule has 5 heteroatoms. The van der Waals surface area contributed by atoms with E-state index in [-0.39, 0.29) is 6.17 Å². The minimum absolute atomic E-state index is 0.295. The van der Waals surface area contributed by atoms with Crippen LogP contribution >= 0.6 is 0 Å². The third-order valence-corrected chi connectivity index (χ3v) is 12.1. The summed E-state index contributed by atoms with van der Waals surface area (Å²) >= 11 is 0. The predicted octanol–water partition coefficient (Wildman–Crippen LogP) is 11.7. The van der Waals surface area contributed by atoms with Gasteiger partial charge in [0, 0.05) is 40.1 Å². The number of para-hydroxylation sites is 2. The number of aromatic nitrogens is 1. The van der Waals surface area contributed by atoms with Gasteiger partial charge in [-0.05, 0) is 51.2 Å². The fourth-order valence-electron chi connectivity index (χ4n) is 9.82. The molecule has 5 nitrogen and oxygen atoms in total. The van der Waals surface area contributed by atoms with Crippen molar-refractivity contribution in [2.75, 3.05) is 7.05 Å². The van der Waals surface area contributed by atoms with E-state index in [2.05, 4.69) is 199 Å². The summed E-state index contributed by atoms with van der Waals surface area (Å²) in [5, 5.41) is 4.77. The average molecular weight is 719 g/mol. The van der Waals surface area contributed by atoms with Gasteiger partial charge in [-0.25, -0.2) is 4.99 Å². The molecule has 9 aromatic rings. The van der Waals surface area contributed by atoms with E-state index in [9.17, 15) is 0 Å². The summed E-state index contributed by atoms with van der Waals surface area (Å²) in [5.41, 5.74) is 10.9. The lowest BCUT2D eigenvalue weighted by Crippen LogP contribution is -2.36. The molecule has 12 rings (SSSR count). The van der Waals surface area contributed by atoms with Crippen LogP contribution in [0.2, 0.25) is 0 Å². The van der Waals surface area contributed by atoms with Crippen molar-refractivity contribution in [3.8, 4) is 22.6 Å². The highest BCUT2D eigenvalue weighted by Crippen LogP contribution is 2.63. The molecule has 1 spiro atoms. The molecule has 0 N–H and O–H groups in total. The van der Waals surface area contributed by atoms with Crippen molar-refractivity contribution in [2.45, 2.75) is 11.6 Å². The van der Waals surface area contributed by atoms with Crippen LogP contribution in [-0.2, 0) is 5.41 Å². The molecule has 1 aliphatic carbocycles. The van der Waals surface area contributed by atoms with Crippen LogP contribution < -0.4 is 4.74 Å². The van der Waals surface area contributed by atoms with Gasteiger partial charge < -0.3 is 9.64 Å². The third kappa shape index (κ3) is 4.09. The zero-order chi connectivity index (χ0) is 37.0. The van der Waals surface area contributed by atoms with E-state index in [1.807, 2.05) is 0 Å². The second-order valence-corrected chi connectivity index (χ2v) is 14.9. The summed E-state index contributed by atoms with van der Waals surface area (Å²) in [6.45, 7) is 0. The van der Waals surface area contributed by atoms with Crippen molar-refractivity contribution in [1.29, 1.82) is 0 Å². The summed E-state index contributed by atoms with van der Waals surface area (Å²) in [6.07, 6.45) is -0.295. The average Bonchev–Trinajstić information content (AvgIpc) is 3.76. The molecule has 3 aliphatic rings. The van der Waals surface area contributed by atoms with Gasteiger partial charge in [-0.3, -0.25) is 4.57 Å². The molecule has 3 heterocycles. The number of nitrogens with zero attached hydrogens (tertiary/aromatic N) is 4. The Kier molecular flexibility index (Phi) is 6.47. The van der Waals surface area contributed by atoms with Crippen molar-refractivity contribution < 1.29 is 4.74 Å². The van der Waals surface area contributed by atoms with Crippen molar-refractivity contribution >= 4 is 44.4 Å². The van der Waals surface area contributed by atoms with Crippen LogP contribution in [0.25, 0.3) is 43.7 Å². The smallest absolute Gasteiger partial charge is 0.234 e. The highest BCUT2D eigenvalue weighted by atomic mass is 16.5. The number of amidine groups is 1. The zero-order valence-corrected chi connectivity index (χ0v) is 30.6. The first kappa shape index (κ1) is 31.1. The maximum Gasteiger partial charge on any atom is 0.234 e. The standard InChI is InChI=1S/C51H34N4O/c1-54-48(33-17-4-2-5-18-33)52-50(53-49(54)34-19-6-3-7-20-34)55-42-31-28-32-16-8-9-21-35(32)45(42)37-29-30-41-46(47(37)55)36-22-10-11-23-38(36)51(41)39-24-12-14-26-43(39)56-44-27-15-13-25-40(44)51/h2-31,48H,1H3. The van der Waals surface area contributed by atoms with Gasteiger partial charge in [0.25, 0.3) is 0 Å². The van der Waals surface area contributed by atoms with Gasteiger partial charge in [0.15, 0.2) is 6.17 Å². The van der Waals surface area contributed by atoms with Crippen LogP contribution in [0.5, 0.6) is 11.5 Å². The monoisotopic (exact) mass is 718 g/mol.